The van der Waals surface area contributed by atoms with E-state index >= 15 is 0 Å². The van der Waals surface area contributed by atoms with Crippen LogP contribution in [-0.4, -0.2) is 24.4 Å². The Bertz CT molecular complexity index is 927. The van der Waals surface area contributed by atoms with E-state index < -0.39 is 11.8 Å². The summed E-state index contributed by atoms with van der Waals surface area (Å²) in [4.78, 5) is 12.5. The Morgan fingerprint density at radius 1 is 1.23 bits per heavy atom. The number of benzene rings is 2. The number of hydrogen-bond donors (Lipinski definition) is 1. The molecule has 0 bridgehead atoms. The van der Waals surface area contributed by atoms with Crippen molar-refractivity contribution >= 4 is 35.0 Å². The number of hydrogen-bond acceptors (Lipinski definition) is 3. The van der Waals surface area contributed by atoms with Crippen LogP contribution in [0.2, 0.25) is 0 Å². The first-order valence-electron chi connectivity index (χ1n) is 8.10. The van der Waals surface area contributed by atoms with Crippen LogP contribution in [0, 0.1) is 5.82 Å². The predicted molar refractivity (Wildman–Crippen MR) is 104 cm³/mol. The van der Waals surface area contributed by atoms with Gasteiger partial charge in [-0.15, -0.1) is 11.8 Å². The fourth-order valence-electron chi connectivity index (χ4n) is 3.18. The van der Waals surface area contributed by atoms with Crippen molar-refractivity contribution < 1.29 is 19.0 Å². The van der Waals surface area contributed by atoms with E-state index in [0.717, 1.165) is 27.2 Å². The van der Waals surface area contributed by atoms with Gasteiger partial charge in [-0.1, -0.05) is 12.1 Å². The molecule has 0 aliphatic heterocycles. The molecule has 26 heavy (non-hydrogen) atoms. The molecule has 5 heteroatoms. The Kier molecular flexibility index (Phi) is 5.18. The van der Waals surface area contributed by atoms with E-state index in [2.05, 4.69) is 0 Å². The summed E-state index contributed by atoms with van der Waals surface area (Å²) in [5, 5.41) is 9.27. The van der Waals surface area contributed by atoms with Crippen molar-refractivity contribution in [2.24, 2.45) is 0 Å². The minimum atomic E-state index is -0.917. The molecule has 0 radical (unpaired) electrons. The smallest absolute Gasteiger partial charge is 0.307 e. The highest BCUT2D eigenvalue weighted by Gasteiger charge is 2.27. The summed E-state index contributed by atoms with van der Waals surface area (Å²) >= 11 is 1.66. The summed E-state index contributed by atoms with van der Waals surface area (Å²) in [6.45, 7) is 1.88. The Balaban J connectivity index is 2.16. The predicted octanol–water partition coefficient (Wildman–Crippen LogP) is 5.36. The molecule has 0 unspecified atom stereocenters. The van der Waals surface area contributed by atoms with Gasteiger partial charge in [0.05, 0.1) is 13.5 Å². The Morgan fingerprint density at radius 2 is 1.92 bits per heavy atom. The zero-order chi connectivity index (χ0) is 18.8. The minimum absolute atomic E-state index is 0.115. The van der Waals surface area contributed by atoms with E-state index in [4.69, 9.17) is 4.74 Å². The number of fused-ring (bicyclic) bond motifs is 1. The van der Waals surface area contributed by atoms with Gasteiger partial charge in [-0.2, -0.15) is 0 Å². The minimum Gasteiger partial charge on any atom is -0.494 e. The van der Waals surface area contributed by atoms with Crippen molar-refractivity contribution in [1.82, 2.24) is 0 Å². The van der Waals surface area contributed by atoms with Crippen LogP contribution in [0.1, 0.15) is 30.0 Å². The molecule has 134 valence electrons. The summed E-state index contributed by atoms with van der Waals surface area (Å²) in [6, 6.07) is 11.1. The van der Waals surface area contributed by atoms with Crippen molar-refractivity contribution in [3.8, 4) is 5.75 Å². The number of carboxylic acid groups (broad SMARTS) is 1. The second-order valence-electron chi connectivity index (χ2n) is 6.04. The van der Waals surface area contributed by atoms with Crippen LogP contribution in [0.3, 0.4) is 0 Å². The first-order chi connectivity index (χ1) is 12.4. The fraction of sp³-hybridized carbons (Fsp3) is 0.190. The van der Waals surface area contributed by atoms with E-state index in [0.29, 0.717) is 11.1 Å². The molecule has 0 saturated carbocycles. The molecule has 0 aromatic heterocycles. The first kappa shape index (κ1) is 18.3. The van der Waals surface area contributed by atoms with Crippen LogP contribution in [0.5, 0.6) is 5.75 Å². The number of aliphatic carboxylic acids is 1. The monoisotopic (exact) mass is 370 g/mol. The quantitative estimate of drug-likeness (QED) is 0.720. The van der Waals surface area contributed by atoms with Crippen LogP contribution in [-0.2, 0) is 4.79 Å². The Morgan fingerprint density at radius 3 is 2.50 bits per heavy atom. The lowest BCUT2D eigenvalue weighted by molar-refractivity contribution is -0.135. The molecule has 2 aromatic rings. The lowest BCUT2D eigenvalue weighted by Gasteiger charge is -2.09. The van der Waals surface area contributed by atoms with Crippen LogP contribution in [0.4, 0.5) is 4.39 Å². The second-order valence-corrected chi connectivity index (χ2v) is 6.92. The van der Waals surface area contributed by atoms with Gasteiger partial charge in [0, 0.05) is 4.90 Å². The molecule has 1 aliphatic rings. The van der Waals surface area contributed by atoms with Crippen molar-refractivity contribution in [2.75, 3.05) is 13.4 Å². The average Bonchev–Trinajstić information content (AvgIpc) is 2.86. The molecule has 0 saturated heterocycles. The van der Waals surface area contributed by atoms with Gasteiger partial charge in [0.1, 0.15) is 0 Å². The Hall–Kier alpha value is -2.53. The van der Waals surface area contributed by atoms with Gasteiger partial charge < -0.3 is 9.84 Å². The summed E-state index contributed by atoms with van der Waals surface area (Å²) in [5.74, 6) is -1.26. The zero-order valence-corrected chi connectivity index (χ0v) is 15.6. The maximum Gasteiger partial charge on any atom is 0.307 e. The van der Waals surface area contributed by atoms with Gasteiger partial charge in [-0.25, -0.2) is 4.39 Å². The second kappa shape index (κ2) is 7.38. The van der Waals surface area contributed by atoms with Crippen molar-refractivity contribution in [3.63, 3.8) is 0 Å². The highest BCUT2D eigenvalue weighted by molar-refractivity contribution is 7.98. The number of ether oxygens (including phenoxy) is 1. The van der Waals surface area contributed by atoms with Crippen molar-refractivity contribution in [3.05, 3.63) is 64.5 Å². The third-order valence-electron chi connectivity index (χ3n) is 4.52. The topological polar surface area (TPSA) is 46.5 Å². The summed E-state index contributed by atoms with van der Waals surface area (Å²) in [7, 11) is 1.40. The van der Waals surface area contributed by atoms with E-state index in [1.165, 1.54) is 13.2 Å². The number of halogens is 1. The van der Waals surface area contributed by atoms with Crippen LogP contribution in [0.15, 0.2) is 46.9 Å². The highest BCUT2D eigenvalue weighted by Crippen LogP contribution is 2.45. The lowest BCUT2D eigenvalue weighted by atomic mass is 10.00. The molecule has 0 atom stereocenters. The molecule has 3 rings (SSSR count). The molecule has 1 aliphatic carbocycles. The maximum atomic E-state index is 14.3. The SMILES string of the molecule is COc1cc2c(cc1F)/C(=C\c1ccc(SC)cc1)C(C)=C2CC(=O)O. The molecule has 2 aromatic carbocycles. The number of rotatable bonds is 5. The third kappa shape index (κ3) is 3.40. The Labute approximate surface area is 156 Å². The third-order valence-corrected chi connectivity index (χ3v) is 5.26. The summed E-state index contributed by atoms with van der Waals surface area (Å²) < 4.78 is 19.4. The number of carboxylic acids is 1. The molecular formula is C21H19FO3S. The number of allylic oxidation sites excluding steroid dienone is 2. The van der Waals surface area contributed by atoms with Gasteiger partial charge >= 0.3 is 5.97 Å². The summed E-state index contributed by atoms with van der Waals surface area (Å²) in [6.07, 6.45) is 3.87. The maximum absolute atomic E-state index is 14.3. The molecule has 0 heterocycles. The molecule has 3 nitrogen and oxygen atoms in total. The van der Waals surface area contributed by atoms with Crippen molar-refractivity contribution in [1.29, 1.82) is 0 Å². The summed E-state index contributed by atoms with van der Waals surface area (Å²) in [5.41, 5.74) is 4.79. The largest absolute Gasteiger partial charge is 0.494 e. The fourth-order valence-corrected chi connectivity index (χ4v) is 3.59. The van der Waals surface area contributed by atoms with E-state index in [1.807, 2.05) is 43.5 Å². The first-order valence-corrected chi connectivity index (χ1v) is 9.33. The van der Waals surface area contributed by atoms with Crippen LogP contribution >= 0.6 is 11.8 Å². The lowest BCUT2D eigenvalue weighted by Crippen LogP contribution is -1.98. The zero-order valence-electron chi connectivity index (χ0n) is 14.8. The highest BCUT2D eigenvalue weighted by atomic mass is 32.2. The molecule has 0 amide bonds. The number of thioether (sulfide) groups is 1. The van der Waals surface area contributed by atoms with Gasteiger partial charge in [0.2, 0.25) is 0 Å². The van der Waals surface area contributed by atoms with E-state index in [-0.39, 0.29) is 12.2 Å². The van der Waals surface area contributed by atoms with Gasteiger partial charge in [-0.3, -0.25) is 4.79 Å². The standard InChI is InChI=1S/C21H19FO3S/c1-12-15(8-13-4-6-14(26-3)7-5-13)17-9-19(22)20(25-2)10-18(17)16(12)11-21(23)24/h4-10H,11H2,1-3H3,(H,23,24)/b15-8-. The van der Waals surface area contributed by atoms with Crippen LogP contribution in [0.25, 0.3) is 17.2 Å². The molecule has 1 N–H and O–H groups in total. The number of carbonyl (C=O) groups is 1. The number of methoxy groups -OCH3 is 1. The van der Waals surface area contributed by atoms with Crippen LogP contribution < -0.4 is 4.74 Å². The normalized spacial score (nSPS) is 14.7. The van der Waals surface area contributed by atoms with Crippen molar-refractivity contribution in [2.45, 2.75) is 18.2 Å². The average molecular weight is 370 g/mol. The van der Waals surface area contributed by atoms with Gasteiger partial charge in [0.15, 0.2) is 11.6 Å². The van der Waals surface area contributed by atoms with E-state index in [9.17, 15) is 14.3 Å². The molecule has 0 fully saturated rings. The van der Waals surface area contributed by atoms with Gasteiger partial charge in [-0.05, 0) is 76.9 Å². The molecular weight excluding hydrogens is 351 g/mol. The molecule has 0 spiro atoms. The van der Waals surface area contributed by atoms with Gasteiger partial charge in [0.25, 0.3) is 0 Å². The van der Waals surface area contributed by atoms with E-state index in [1.54, 1.807) is 17.8 Å².